The van der Waals surface area contributed by atoms with Gasteiger partial charge in [-0.15, -0.1) is 0 Å². The quantitative estimate of drug-likeness (QED) is 0.706. The summed E-state index contributed by atoms with van der Waals surface area (Å²) < 4.78 is 45.3. The fourth-order valence-electron chi connectivity index (χ4n) is 2.15. The molecule has 0 saturated carbocycles. The summed E-state index contributed by atoms with van der Waals surface area (Å²) in [6.07, 6.45) is 0. The Morgan fingerprint density at radius 2 is 1.54 bits per heavy atom. The van der Waals surface area contributed by atoms with E-state index in [1.807, 2.05) is 0 Å². The Labute approximate surface area is 157 Å². The number of amides is 1. The first-order valence-corrected chi connectivity index (χ1v) is 8.04. The molecule has 0 bridgehead atoms. The van der Waals surface area contributed by atoms with Gasteiger partial charge in [0, 0.05) is 17.3 Å². The number of carbonyl (C=O) groups excluding carboxylic acids is 1. The normalized spacial score (nSPS) is 10.4. The lowest BCUT2D eigenvalue weighted by atomic mass is 10.1. The van der Waals surface area contributed by atoms with Gasteiger partial charge in [0.25, 0.3) is 5.91 Å². The Balaban J connectivity index is 2.30. The lowest BCUT2D eigenvalue weighted by Gasteiger charge is -2.14. The van der Waals surface area contributed by atoms with E-state index >= 15 is 0 Å². The number of halogens is 3. The summed E-state index contributed by atoms with van der Waals surface area (Å²) in [5.74, 6) is 0.265. The molecule has 0 aromatic heterocycles. The van der Waals surface area contributed by atoms with Crippen molar-refractivity contribution < 1.29 is 32.5 Å². The number of hydrogen-bond donors (Lipinski definition) is 1. The first-order chi connectivity index (χ1) is 12.4. The van der Waals surface area contributed by atoms with E-state index in [-0.39, 0.29) is 22.7 Å². The molecule has 0 aliphatic carbocycles. The standard InChI is InChI=1S/C17H16BrF2NO5/c1-23-11-5-4-10(8-12(11)26-17(19)20)21-16(22)9-6-13(24-2)15(18)14(7-9)25-3/h4-8,17H,1-3H3,(H,21,22). The summed E-state index contributed by atoms with van der Waals surface area (Å²) in [4.78, 5) is 12.5. The summed E-state index contributed by atoms with van der Waals surface area (Å²) in [6.45, 7) is -3.02. The topological polar surface area (TPSA) is 66.0 Å². The molecule has 0 unspecified atom stereocenters. The zero-order valence-electron chi connectivity index (χ0n) is 14.1. The van der Waals surface area contributed by atoms with Crippen molar-refractivity contribution in [3.8, 4) is 23.0 Å². The Morgan fingerprint density at radius 3 is 2.04 bits per heavy atom. The molecule has 0 spiro atoms. The van der Waals surface area contributed by atoms with E-state index in [4.69, 9.17) is 14.2 Å². The van der Waals surface area contributed by atoms with Crippen LogP contribution >= 0.6 is 15.9 Å². The lowest BCUT2D eigenvalue weighted by Crippen LogP contribution is -2.13. The Hall–Kier alpha value is -2.55. The predicted octanol–water partition coefficient (Wildman–Crippen LogP) is 4.33. The molecule has 2 aromatic rings. The van der Waals surface area contributed by atoms with Crippen LogP contribution in [0.2, 0.25) is 0 Å². The molecule has 0 radical (unpaired) electrons. The number of alkyl halides is 2. The minimum absolute atomic E-state index is 0.121. The molecule has 0 saturated heterocycles. The number of carbonyl (C=O) groups is 1. The Kier molecular flexibility index (Phi) is 6.62. The molecule has 2 aromatic carbocycles. The highest BCUT2D eigenvalue weighted by molar-refractivity contribution is 9.10. The van der Waals surface area contributed by atoms with E-state index in [1.165, 1.54) is 51.7 Å². The van der Waals surface area contributed by atoms with Crippen molar-refractivity contribution in [2.24, 2.45) is 0 Å². The second-order valence-corrected chi connectivity index (χ2v) is 5.69. The molecule has 0 fully saturated rings. The highest BCUT2D eigenvalue weighted by atomic mass is 79.9. The van der Waals surface area contributed by atoms with Crippen molar-refractivity contribution in [3.05, 3.63) is 40.4 Å². The molecule has 26 heavy (non-hydrogen) atoms. The van der Waals surface area contributed by atoms with Crippen molar-refractivity contribution in [2.75, 3.05) is 26.6 Å². The third-order valence-corrected chi connectivity index (χ3v) is 4.13. The molecule has 1 amide bonds. The van der Waals surface area contributed by atoms with Gasteiger partial charge >= 0.3 is 6.61 Å². The molecule has 9 heteroatoms. The monoisotopic (exact) mass is 431 g/mol. The van der Waals surface area contributed by atoms with Crippen LogP contribution in [0.15, 0.2) is 34.8 Å². The van der Waals surface area contributed by atoms with E-state index in [0.717, 1.165) is 0 Å². The Bertz CT molecular complexity index is 776. The van der Waals surface area contributed by atoms with E-state index in [0.29, 0.717) is 16.0 Å². The number of hydrogen-bond acceptors (Lipinski definition) is 5. The van der Waals surface area contributed by atoms with Crippen LogP contribution in [0, 0.1) is 0 Å². The minimum atomic E-state index is -3.02. The summed E-state index contributed by atoms with van der Waals surface area (Å²) in [5, 5.41) is 2.60. The van der Waals surface area contributed by atoms with Crippen molar-refractivity contribution >= 4 is 27.5 Å². The molecule has 0 atom stereocenters. The molecule has 0 aliphatic rings. The van der Waals surface area contributed by atoms with E-state index in [9.17, 15) is 13.6 Å². The van der Waals surface area contributed by atoms with E-state index in [1.54, 1.807) is 0 Å². The molecule has 6 nitrogen and oxygen atoms in total. The maximum absolute atomic E-state index is 12.5. The van der Waals surface area contributed by atoms with E-state index < -0.39 is 12.5 Å². The van der Waals surface area contributed by atoms with Crippen molar-refractivity contribution in [1.82, 2.24) is 0 Å². The van der Waals surface area contributed by atoms with E-state index in [2.05, 4.69) is 26.0 Å². The summed E-state index contributed by atoms with van der Waals surface area (Å²) in [6, 6.07) is 7.19. The number of methoxy groups -OCH3 is 3. The van der Waals surface area contributed by atoms with Gasteiger partial charge in [-0.25, -0.2) is 0 Å². The minimum Gasteiger partial charge on any atom is -0.495 e. The molecule has 0 heterocycles. The van der Waals surface area contributed by atoms with Crippen molar-refractivity contribution in [3.63, 3.8) is 0 Å². The smallest absolute Gasteiger partial charge is 0.387 e. The maximum atomic E-state index is 12.5. The van der Waals surface area contributed by atoms with Gasteiger partial charge in [-0.3, -0.25) is 4.79 Å². The first kappa shape index (κ1) is 19.8. The van der Waals surface area contributed by atoms with Gasteiger partial charge in [0.2, 0.25) is 0 Å². The van der Waals surface area contributed by atoms with Gasteiger partial charge in [0.05, 0.1) is 21.3 Å². The first-order valence-electron chi connectivity index (χ1n) is 7.25. The van der Waals surface area contributed by atoms with Gasteiger partial charge in [0.15, 0.2) is 11.5 Å². The Morgan fingerprint density at radius 1 is 0.962 bits per heavy atom. The largest absolute Gasteiger partial charge is 0.495 e. The SMILES string of the molecule is COc1ccc(NC(=O)c2cc(OC)c(Br)c(OC)c2)cc1OC(F)F. The van der Waals surface area contributed by atoms with Crippen LogP contribution in [0.25, 0.3) is 0 Å². The fourth-order valence-corrected chi connectivity index (χ4v) is 2.70. The van der Waals surface area contributed by atoms with Crippen LogP contribution in [0.5, 0.6) is 23.0 Å². The second kappa shape index (κ2) is 8.70. The van der Waals surface area contributed by atoms with Gasteiger partial charge in [-0.05, 0) is 40.2 Å². The van der Waals surface area contributed by atoms with Crippen LogP contribution in [0.3, 0.4) is 0 Å². The summed E-state index contributed by atoms with van der Waals surface area (Å²) in [5.41, 5.74) is 0.515. The van der Waals surface area contributed by atoms with Gasteiger partial charge in [-0.1, -0.05) is 0 Å². The average molecular weight is 432 g/mol. The molecular weight excluding hydrogens is 416 g/mol. The number of rotatable bonds is 7. The second-order valence-electron chi connectivity index (χ2n) is 4.89. The molecular formula is C17H16BrF2NO5. The molecule has 1 N–H and O–H groups in total. The van der Waals surface area contributed by atoms with Crippen molar-refractivity contribution in [1.29, 1.82) is 0 Å². The summed E-state index contributed by atoms with van der Waals surface area (Å²) in [7, 11) is 4.24. The third-order valence-electron chi connectivity index (χ3n) is 3.35. The highest BCUT2D eigenvalue weighted by Gasteiger charge is 2.16. The summed E-state index contributed by atoms with van der Waals surface area (Å²) >= 11 is 3.32. The number of nitrogens with one attached hydrogen (secondary N) is 1. The maximum Gasteiger partial charge on any atom is 0.387 e. The van der Waals surface area contributed by atoms with Gasteiger partial charge < -0.3 is 24.3 Å². The fraction of sp³-hybridized carbons (Fsp3) is 0.235. The zero-order valence-corrected chi connectivity index (χ0v) is 15.7. The van der Waals surface area contributed by atoms with Gasteiger partial charge in [0.1, 0.15) is 16.0 Å². The van der Waals surface area contributed by atoms with Crippen molar-refractivity contribution in [2.45, 2.75) is 6.61 Å². The number of benzene rings is 2. The van der Waals surface area contributed by atoms with Crippen LogP contribution in [-0.4, -0.2) is 33.8 Å². The van der Waals surface area contributed by atoms with Crippen LogP contribution in [0.1, 0.15) is 10.4 Å². The molecule has 140 valence electrons. The van der Waals surface area contributed by atoms with Crippen LogP contribution in [0.4, 0.5) is 14.5 Å². The number of anilines is 1. The van der Waals surface area contributed by atoms with Crippen LogP contribution < -0.4 is 24.3 Å². The number of ether oxygens (including phenoxy) is 4. The zero-order chi connectivity index (χ0) is 19.3. The van der Waals surface area contributed by atoms with Crippen LogP contribution in [-0.2, 0) is 0 Å². The molecule has 0 aliphatic heterocycles. The highest BCUT2D eigenvalue weighted by Crippen LogP contribution is 2.36. The van der Waals surface area contributed by atoms with Gasteiger partial charge in [-0.2, -0.15) is 8.78 Å². The average Bonchev–Trinajstić information content (AvgIpc) is 2.61. The predicted molar refractivity (Wildman–Crippen MR) is 94.8 cm³/mol. The third kappa shape index (κ3) is 4.54. The molecule has 2 rings (SSSR count). The lowest BCUT2D eigenvalue weighted by molar-refractivity contribution is -0.0511.